The third kappa shape index (κ3) is 4.67. The van der Waals surface area contributed by atoms with Crippen LogP contribution in [-0.4, -0.2) is 60.3 Å². The molecule has 0 aromatic heterocycles. The fourth-order valence-corrected chi connectivity index (χ4v) is 3.44. The highest BCUT2D eigenvalue weighted by molar-refractivity contribution is 7.80. The zero-order chi connectivity index (χ0) is 16.8. The lowest BCUT2D eigenvalue weighted by atomic mass is 10.1. The number of nitriles is 1. The summed E-state index contributed by atoms with van der Waals surface area (Å²) in [5, 5.41) is 13.1. The molecule has 2 aliphatic rings. The Balaban J connectivity index is 1.39. The van der Waals surface area contributed by atoms with Gasteiger partial charge in [-0.25, -0.2) is 0 Å². The molecule has 0 radical (unpaired) electrons. The molecular weight excluding hydrogens is 320 g/mol. The first-order chi connectivity index (χ1) is 11.7. The summed E-state index contributed by atoms with van der Waals surface area (Å²) >= 11 is 5.51. The van der Waals surface area contributed by atoms with Crippen LogP contribution < -0.4 is 5.32 Å². The van der Waals surface area contributed by atoms with Crippen molar-refractivity contribution in [2.24, 2.45) is 0 Å². The second kappa shape index (κ2) is 8.43. The van der Waals surface area contributed by atoms with Crippen LogP contribution in [0.15, 0.2) is 24.3 Å². The van der Waals surface area contributed by atoms with Gasteiger partial charge in [0.05, 0.1) is 17.7 Å². The van der Waals surface area contributed by atoms with Crippen molar-refractivity contribution in [3.05, 3.63) is 35.4 Å². The molecule has 0 amide bonds. The van der Waals surface area contributed by atoms with E-state index in [2.05, 4.69) is 21.2 Å². The number of benzene rings is 1. The topological polar surface area (TPSA) is 51.5 Å². The van der Waals surface area contributed by atoms with E-state index in [-0.39, 0.29) is 0 Å². The van der Waals surface area contributed by atoms with Gasteiger partial charge in [-0.05, 0) is 42.8 Å². The molecular formula is C18H24N4OS. The van der Waals surface area contributed by atoms with Gasteiger partial charge in [-0.3, -0.25) is 4.90 Å². The first-order valence-corrected chi connectivity index (χ1v) is 9.01. The highest BCUT2D eigenvalue weighted by Gasteiger charge is 2.20. The summed E-state index contributed by atoms with van der Waals surface area (Å²) in [4.78, 5) is 4.68. The van der Waals surface area contributed by atoms with E-state index >= 15 is 0 Å². The predicted molar refractivity (Wildman–Crippen MR) is 97.6 cm³/mol. The van der Waals surface area contributed by atoms with Gasteiger partial charge < -0.3 is 15.0 Å². The Hall–Kier alpha value is -1.68. The van der Waals surface area contributed by atoms with Crippen molar-refractivity contribution in [2.45, 2.75) is 25.5 Å². The molecule has 2 heterocycles. The van der Waals surface area contributed by atoms with Crippen molar-refractivity contribution in [1.82, 2.24) is 15.1 Å². The molecule has 0 aliphatic carbocycles. The summed E-state index contributed by atoms with van der Waals surface area (Å²) in [6.45, 7) is 6.54. The lowest BCUT2D eigenvalue weighted by Crippen LogP contribution is -2.52. The summed E-state index contributed by atoms with van der Waals surface area (Å²) in [6, 6.07) is 10.0. The summed E-state index contributed by atoms with van der Waals surface area (Å²) in [7, 11) is 0. The van der Waals surface area contributed by atoms with Crippen molar-refractivity contribution in [1.29, 1.82) is 5.26 Å². The Morgan fingerprint density at radius 2 is 2.00 bits per heavy atom. The molecule has 2 aliphatic heterocycles. The van der Waals surface area contributed by atoms with Gasteiger partial charge in [-0.1, -0.05) is 12.1 Å². The van der Waals surface area contributed by atoms with E-state index in [9.17, 15) is 0 Å². The van der Waals surface area contributed by atoms with Gasteiger partial charge in [-0.15, -0.1) is 0 Å². The minimum Gasteiger partial charge on any atom is -0.376 e. The lowest BCUT2D eigenvalue weighted by Gasteiger charge is -2.36. The Bertz CT molecular complexity index is 584. The predicted octanol–water partition coefficient (Wildman–Crippen LogP) is 1.73. The number of nitrogens with zero attached hydrogens (tertiary/aromatic N) is 3. The van der Waals surface area contributed by atoms with Crippen molar-refractivity contribution in [2.75, 3.05) is 39.3 Å². The van der Waals surface area contributed by atoms with E-state index in [0.717, 1.165) is 63.8 Å². The molecule has 1 atom stereocenters. The minimum absolute atomic E-state index is 0.320. The first-order valence-electron chi connectivity index (χ1n) is 8.60. The smallest absolute Gasteiger partial charge is 0.169 e. The summed E-state index contributed by atoms with van der Waals surface area (Å²) < 4.78 is 5.62. The van der Waals surface area contributed by atoms with Crippen LogP contribution in [0, 0.1) is 11.3 Å². The number of hydrogen-bond donors (Lipinski definition) is 1. The Morgan fingerprint density at radius 1 is 1.25 bits per heavy atom. The van der Waals surface area contributed by atoms with Crippen LogP contribution in [0.1, 0.15) is 24.0 Å². The summed E-state index contributed by atoms with van der Waals surface area (Å²) in [5.41, 5.74) is 1.97. The maximum absolute atomic E-state index is 8.85. The molecule has 6 heteroatoms. The van der Waals surface area contributed by atoms with Crippen molar-refractivity contribution in [3.8, 4) is 6.07 Å². The van der Waals surface area contributed by atoms with E-state index < -0.39 is 0 Å². The van der Waals surface area contributed by atoms with Crippen LogP contribution in [0.25, 0.3) is 0 Å². The van der Waals surface area contributed by atoms with E-state index in [4.69, 9.17) is 22.2 Å². The average molecular weight is 344 g/mol. The standard InChI is InChI=1S/C18H24N4OS/c19-12-15-3-5-16(6-4-15)14-21-7-9-22(10-8-21)18(24)20-13-17-2-1-11-23-17/h3-6,17H,1-2,7-11,13-14H2,(H,20,24)/t17-/m1/s1. The van der Waals surface area contributed by atoms with Crippen LogP contribution >= 0.6 is 12.2 Å². The number of rotatable bonds is 4. The maximum Gasteiger partial charge on any atom is 0.169 e. The molecule has 0 bridgehead atoms. The maximum atomic E-state index is 8.85. The quantitative estimate of drug-likeness (QED) is 0.840. The van der Waals surface area contributed by atoms with Crippen LogP contribution in [0.4, 0.5) is 0 Å². The molecule has 0 unspecified atom stereocenters. The third-order valence-corrected chi connectivity index (χ3v) is 5.06. The highest BCUT2D eigenvalue weighted by Crippen LogP contribution is 2.12. The van der Waals surface area contributed by atoms with Gasteiger partial charge in [0.15, 0.2) is 5.11 Å². The third-order valence-electron chi connectivity index (χ3n) is 4.65. The van der Waals surface area contributed by atoms with Crippen LogP contribution in [0.3, 0.4) is 0 Å². The second-order valence-electron chi connectivity index (χ2n) is 6.39. The monoisotopic (exact) mass is 344 g/mol. The molecule has 2 fully saturated rings. The molecule has 1 N–H and O–H groups in total. The normalized spacial score (nSPS) is 21.5. The number of piperazine rings is 1. The van der Waals surface area contributed by atoms with Crippen LogP contribution in [0.2, 0.25) is 0 Å². The highest BCUT2D eigenvalue weighted by atomic mass is 32.1. The number of thiocarbonyl (C=S) groups is 1. The largest absolute Gasteiger partial charge is 0.376 e. The van der Waals surface area contributed by atoms with Crippen LogP contribution in [-0.2, 0) is 11.3 Å². The molecule has 0 saturated carbocycles. The Kier molecular flexibility index (Phi) is 6.02. The fraction of sp³-hybridized carbons (Fsp3) is 0.556. The van der Waals surface area contributed by atoms with E-state index in [1.165, 1.54) is 5.56 Å². The number of nitrogens with one attached hydrogen (secondary N) is 1. The zero-order valence-corrected chi connectivity index (χ0v) is 14.7. The lowest BCUT2D eigenvalue weighted by molar-refractivity contribution is 0.112. The van der Waals surface area contributed by atoms with E-state index in [1.807, 2.05) is 24.3 Å². The SMILES string of the molecule is N#Cc1ccc(CN2CCN(C(=S)NC[C@H]3CCCO3)CC2)cc1. The van der Waals surface area contributed by atoms with Crippen molar-refractivity contribution >= 4 is 17.3 Å². The zero-order valence-electron chi connectivity index (χ0n) is 13.9. The molecule has 128 valence electrons. The summed E-state index contributed by atoms with van der Waals surface area (Å²) in [6.07, 6.45) is 2.61. The van der Waals surface area contributed by atoms with Gasteiger partial charge in [0, 0.05) is 45.9 Å². The van der Waals surface area contributed by atoms with Gasteiger partial charge in [0.1, 0.15) is 0 Å². The van der Waals surface area contributed by atoms with Crippen LogP contribution in [0.5, 0.6) is 0 Å². The molecule has 3 rings (SSSR count). The molecule has 2 saturated heterocycles. The Morgan fingerprint density at radius 3 is 2.62 bits per heavy atom. The van der Waals surface area contributed by atoms with Gasteiger partial charge in [-0.2, -0.15) is 5.26 Å². The van der Waals surface area contributed by atoms with Crippen molar-refractivity contribution < 1.29 is 4.74 Å². The van der Waals surface area contributed by atoms with E-state index in [0.29, 0.717) is 11.7 Å². The fourth-order valence-electron chi connectivity index (χ4n) is 3.17. The second-order valence-corrected chi connectivity index (χ2v) is 6.78. The minimum atomic E-state index is 0.320. The number of hydrogen-bond acceptors (Lipinski definition) is 4. The molecule has 0 spiro atoms. The van der Waals surface area contributed by atoms with Gasteiger partial charge in [0.25, 0.3) is 0 Å². The number of ether oxygens (including phenoxy) is 1. The molecule has 1 aromatic carbocycles. The van der Waals surface area contributed by atoms with Gasteiger partial charge >= 0.3 is 0 Å². The van der Waals surface area contributed by atoms with Crippen molar-refractivity contribution in [3.63, 3.8) is 0 Å². The average Bonchev–Trinajstić information content (AvgIpc) is 3.14. The van der Waals surface area contributed by atoms with E-state index in [1.54, 1.807) is 0 Å². The molecule has 24 heavy (non-hydrogen) atoms. The Labute approximate surface area is 149 Å². The summed E-state index contributed by atoms with van der Waals surface area (Å²) in [5.74, 6) is 0. The molecule has 5 nitrogen and oxygen atoms in total. The van der Waals surface area contributed by atoms with Gasteiger partial charge in [0.2, 0.25) is 0 Å². The molecule has 1 aromatic rings. The first kappa shape index (κ1) is 17.2.